The van der Waals surface area contributed by atoms with E-state index in [-0.39, 0.29) is 16.7 Å². The molecule has 1 amide bonds. The molecule has 0 spiro atoms. The molecule has 122 valence electrons. The van der Waals surface area contributed by atoms with Gasteiger partial charge in [-0.25, -0.2) is 12.8 Å². The smallest absolute Gasteiger partial charge is 0.243 e. The van der Waals surface area contributed by atoms with Crippen LogP contribution in [0, 0.1) is 11.7 Å². The summed E-state index contributed by atoms with van der Waals surface area (Å²) < 4.78 is 39.8. The Morgan fingerprint density at radius 3 is 2.91 bits per heavy atom. The summed E-state index contributed by atoms with van der Waals surface area (Å²) in [5.41, 5.74) is 0. The Balaban J connectivity index is 2.06. The predicted octanol–water partition coefficient (Wildman–Crippen LogP) is 1.75. The van der Waals surface area contributed by atoms with Crippen LogP contribution >= 0.6 is 0 Å². The van der Waals surface area contributed by atoms with Crippen molar-refractivity contribution >= 4 is 15.9 Å². The summed E-state index contributed by atoms with van der Waals surface area (Å²) in [6, 6.07) is 5.08. The zero-order valence-corrected chi connectivity index (χ0v) is 13.4. The highest BCUT2D eigenvalue weighted by Gasteiger charge is 2.30. The minimum Gasteiger partial charge on any atom is -0.359 e. The zero-order valence-electron chi connectivity index (χ0n) is 12.6. The molecular weight excluding hydrogens is 307 g/mol. The lowest BCUT2D eigenvalue weighted by atomic mass is 9.94. The van der Waals surface area contributed by atoms with E-state index in [2.05, 4.69) is 5.32 Å². The van der Waals surface area contributed by atoms with E-state index in [1.54, 1.807) is 7.05 Å². The maximum Gasteiger partial charge on any atom is 0.243 e. The number of nitrogens with one attached hydrogen (secondary N) is 1. The van der Waals surface area contributed by atoms with Crippen LogP contribution in [0.4, 0.5) is 4.39 Å². The van der Waals surface area contributed by atoms with Crippen LogP contribution in [0.1, 0.15) is 25.7 Å². The maximum atomic E-state index is 13.3. The van der Waals surface area contributed by atoms with Gasteiger partial charge in [-0.3, -0.25) is 4.79 Å². The third kappa shape index (κ3) is 4.04. The van der Waals surface area contributed by atoms with E-state index in [1.807, 2.05) is 0 Å². The fourth-order valence-electron chi connectivity index (χ4n) is 2.72. The number of halogens is 1. The molecular formula is C15H21FN2O3S. The number of hydrogen-bond donors (Lipinski definition) is 1. The number of benzene rings is 1. The number of piperidine rings is 1. The topological polar surface area (TPSA) is 66.5 Å². The van der Waals surface area contributed by atoms with Gasteiger partial charge in [0.2, 0.25) is 15.9 Å². The Labute approximate surface area is 130 Å². The molecule has 0 bridgehead atoms. The molecule has 1 atom stereocenters. The minimum atomic E-state index is -3.67. The molecule has 7 heteroatoms. The number of nitrogens with zero attached hydrogens (tertiary/aromatic N) is 1. The summed E-state index contributed by atoms with van der Waals surface area (Å²) in [5, 5.41) is 2.57. The van der Waals surface area contributed by atoms with Crippen molar-refractivity contribution in [2.24, 2.45) is 5.92 Å². The average molecular weight is 328 g/mol. The van der Waals surface area contributed by atoms with Crippen LogP contribution in [-0.2, 0) is 14.8 Å². The second-order valence-electron chi connectivity index (χ2n) is 5.54. The first-order valence-corrected chi connectivity index (χ1v) is 8.84. The largest absolute Gasteiger partial charge is 0.359 e. The number of carbonyl (C=O) groups excluding carboxylic acids is 1. The number of rotatable bonds is 5. The molecule has 1 saturated heterocycles. The SMILES string of the molecule is CNC(=O)CCC1CCCN(S(=O)(=O)c2cccc(F)c2)C1. The molecule has 0 radical (unpaired) electrons. The van der Waals surface area contributed by atoms with Crippen molar-refractivity contribution in [1.82, 2.24) is 9.62 Å². The van der Waals surface area contributed by atoms with Crippen molar-refractivity contribution in [3.63, 3.8) is 0 Å². The Bertz CT molecular complexity index is 633. The van der Waals surface area contributed by atoms with Crippen molar-refractivity contribution in [2.75, 3.05) is 20.1 Å². The van der Waals surface area contributed by atoms with Crippen LogP contribution < -0.4 is 5.32 Å². The van der Waals surface area contributed by atoms with Crippen molar-refractivity contribution in [3.05, 3.63) is 30.1 Å². The molecule has 1 fully saturated rings. The first-order valence-electron chi connectivity index (χ1n) is 7.40. The van der Waals surface area contributed by atoms with E-state index < -0.39 is 15.8 Å². The molecule has 1 N–H and O–H groups in total. The molecule has 2 rings (SSSR count). The number of amides is 1. The van der Waals surface area contributed by atoms with Crippen LogP contribution in [0.2, 0.25) is 0 Å². The van der Waals surface area contributed by atoms with Crippen molar-refractivity contribution < 1.29 is 17.6 Å². The van der Waals surface area contributed by atoms with Crippen LogP contribution in [0.3, 0.4) is 0 Å². The summed E-state index contributed by atoms with van der Waals surface area (Å²) in [4.78, 5) is 11.3. The molecule has 1 aromatic rings. The molecule has 0 saturated carbocycles. The fourth-order valence-corrected chi connectivity index (χ4v) is 4.30. The molecule has 1 aliphatic rings. The Morgan fingerprint density at radius 2 is 2.23 bits per heavy atom. The Morgan fingerprint density at radius 1 is 1.45 bits per heavy atom. The summed E-state index contributed by atoms with van der Waals surface area (Å²) in [6.07, 6.45) is 2.73. The third-order valence-electron chi connectivity index (χ3n) is 3.97. The van der Waals surface area contributed by atoms with Gasteiger partial charge >= 0.3 is 0 Å². The van der Waals surface area contributed by atoms with Gasteiger partial charge < -0.3 is 5.32 Å². The highest BCUT2D eigenvalue weighted by atomic mass is 32.2. The van der Waals surface area contributed by atoms with E-state index in [9.17, 15) is 17.6 Å². The second kappa shape index (κ2) is 7.19. The maximum absolute atomic E-state index is 13.3. The zero-order chi connectivity index (χ0) is 16.2. The summed E-state index contributed by atoms with van der Waals surface area (Å²) in [6.45, 7) is 0.825. The summed E-state index contributed by atoms with van der Waals surface area (Å²) >= 11 is 0. The van der Waals surface area contributed by atoms with Gasteiger partial charge in [-0.05, 0) is 43.4 Å². The minimum absolute atomic E-state index is 0.0144. The molecule has 22 heavy (non-hydrogen) atoms. The van der Waals surface area contributed by atoms with Crippen LogP contribution in [0.15, 0.2) is 29.2 Å². The van der Waals surface area contributed by atoms with Gasteiger partial charge in [-0.15, -0.1) is 0 Å². The van der Waals surface area contributed by atoms with Gasteiger partial charge in [0, 0.05) is 26.6 Å². The molecule has 5 nitrogen and oxygen atoms in total. The standard InChI is InChI=1S/C15H21FN2O3S/c1-17-15(19)8-7-12-4-3-9-18(11-12)22(20,21)14-6-2-5-13(16)10-14/h2,5-6,10,12H,3-4,7-9,11H2,1H3,(H,17,19). The first kappa shape index (κ1) is 16.9. The lowest BCUT2D eigenvalue weighted by Gasteiger charge is -2.31. The van der Waals surface area contributed by atoms with Gasteiger partial charge in [-0.1, -0.05) is 6.07 Å². The Hall–Kier alpha value is -1.47. The summed E-state index contributed by atoms with van der Waals surface area (Å²) in [7, 11) is -2.08. The lowest BCUT2D eigenvalue weighted by molar-refractivity contribution is -0.120. The summed E-state index contributed by atoms with van der Waals surface area (Å²) in [5.74, 6) is -0.436. The van der Waals surface area contributed by atoms with Gasteiger partial charge in [0.1, 0.15) is 5.82 Å². The normalized spacial score (nSPS) is 19.8. The molecule has 1 aromatic carbocycles. The number of carbonyl (C=O) groups is 1. The monoisotopic (exact) mass is 328 g/mol. The van der Waals surface area contributed by atoms with Gasteiger partial charge in [0.15, 0.2) is 0 Å². The lowest BCUT2D eigenvalue weighted by Crippen LogP contribution is -2.40. The quantitative estimate of drug-likeness (QED) is 0.895. The van der Waals surface area contributed by atoms with Crippen LogP contribution in [0.25, 0.3) is 0 Å². The van der Waals surface area contributed by atoms with Crippen molar-refractivity contribution in [2.45, 2.75) is 30.6 Å². The molecule has 1 aliphatic heterocycles. The van der Waals surface area contributed by atoms with Crippen molar-refractivity contribution in [1.29, 1.82) is 0 Å². The highest BCUT2D eigenvalue weighted by molar-refractivity contribution is 7.89. The fraction of sp³-hybridized carbons (Fsp3) is 0.533. The van der Waals surface area contributed by atoms with Crippen LogP contribution in [0.5, 0.6) is 0 Å². The van der Waals surface area contributed by atoms with Gasteiger partial charge in [0.05, 0.1) is 4.90 Å². The predicted molar refractivity (Wildman–Crippen MR) is 81.2 cm³/mol. The van der Waals surface area contributed by atoms with E-state index in [4.69, 9.17) is 0 Å². The highest BCUT2D eigenvalue weighted by Crippen LogP contribution is 2.26. The molecule has 0 aromatic heterocycles. The molecule has 1 unspecified atom stereocenters. The van der Waals surface area contributed by atoms with E-state index in [1.165, 1.54) is 22.5 Å². The number of hydrogen-bond acceptors (Lipinski definition) is 3. The second-order valence-corrected chi connectivity index (χ2v) is 7.48. The van der Waals surface area contributed by atoms with E-state index in [0.717, 1.165) is 18.9 Å². The first-order chi connectivity index (χ1) is 10.4. The van der Waals surface area contributed by atoms with Gasteiger partial charge in [-0.2, -0.15) is 4.31 Å². The molecule has 0 aliphatic carbocycles. The van der Waals surface area contributed by atoms with E-state index >= 15 is 0 Å². The number of sulfonamides is 1. The average Bonchev–Trinajstić information content (AvgIpc) is 2.53. The van der Waals surface area contributed by atoms with Crippen molar-refractivity contribution in [3.8, 4) is 0 Å². The molecule has 1 heterocycles. The van der Waals surface area contributed by atoms with Crippen LogP contribution in [-0.4, -0.2) is 38.8 Å². The Kier molecular flexibility index (Phi) is 5.52. The van der Waals surface area contributed by atoms with Gasteiger partial charge in [0.25, 0.3) is 0 Å². The van der Waals surface area contributed by atoms with E-state index in [0.29, 0.717) is 25.9 Å². The third-order valence-corrected chi connectivity index (χ3v) is 5.84.